The Labute approximate surface area is 425 Å². The van der Waals surface area contributed by atoms with Gasteiger partial charge in [0.2, 0.25) is 0 Å². The number of hydrogen-bond donors (Lipinski definition) is 0. The standard InChI is InChI=1S/C69H43N5/c1-4-16-44(17-5-1)51-32-34-59-58-30-10-11-31-63(58)73(64(59)42-51)57-33-35-60-62-41-55-40-61(66(62)74(65(60)43-57)56-28-8-3-9-29-56)52-25-13-21-47(37-52)49-23-15-27-54(39-49)69-71-67(45-18-6-2-7-19-45)70-68(72-69)53-26-14-22-48(38-53)46-20-12-24-50(55)36-46/h1-43H. The lowest BCUT2D eigenvalue weighted by molar-refractivity contribution is 1.16. The lowest BCUT2D eigenvalue weighted by Crippen LogP contribution is -1.97. The third kappa shape index (κ3) is 6.90. The second-order valence-electron chi connectivity index (χ2n) is 19.2. The summed E-state index contributed by atoms with van der Waals surface area (Å²) in [6, 6.07) is 94.4. The quantitative estimate of drug-likeness (QED) is 0.177. The molecule has 0 atom stereocenters. The highest BCUT2D eigenvalue weighted by molar-refractivity contribution is 6.22. The van der Waals surface area contributed by atoms with Crippen molar-refractivity contribution in [1.29, 1.82) is 0 Å². The topological polar surface area (TPSA) is 48.5 Å². The van der Waals surface area contributed by atoms with Gasteiger partial charge in [-0.3, -0.25) is 0 Å². The second-order valence-corrected chi connectivity index (χ2v) is 19.2. The maximum absolute atomic E-state index is 5.19. The van der Waals surface area contributed by atoms with E-state index in [0.29, 0.717) is 17.1 Å². The molecule has 0 unspecified atom stereocenters. The first-order valence-corrected chi connectivity index (χ1v) is 25.2. The summed E-state index contributed by atoms with van der Waals surface area (Å²) in [6.07, 6.45) is 0. The molecule has 0 aliphatic rings. The third-order valence-corrected chi connectivity index (χ3v) is 14.8. The molecule has 4 heterocycles. The fraction of sp³-hybridized carbons (Fsp3) is 0. The Morgan fingerprint density at radius 3 is 1.39 bits per heavy atom. The Morgan fingerprint density at radius 2 is 0.716 bits per heavy atom. The van der Waals surface area contributed by atoms with E-state index in [2.05, 4.69) is 252 Å². The van der Waals surface area contributed by atoms with Gasteiger partial charge < -0.3 is 9.13 Å². The van der Waals surface area contributed by atoms with Crippen LogP contribution in [-0.2, 0) is 0 Å². The van der Waals surface area contributed by atoms with Gasteiger partial charge in [0, 0.05) is 54.6 Å². The summed E-state index contributed by atoms with van der Waals surface area (Å²) in [5.74, 6) is 0.635. The van der Waals surface area contributed by atoms with Crippen LogP contribution < -0.4 is 0 Å². The highest BCUT2D eigenvalue weighted by atomic mass is 15.0. The number of nitrogens with zero attached hydrogens (tertiary/aromatic N) is 5. The molecule has 344 valence electrons. The van der Waals surface area contributed by atoms with Crippen LogP contribution in [-0.4, -0.2) is 24.1 Å². The molecule has 11 aromatic carbocycles. The minimum Gasteiger partial charge on any atom is -0.309 e. The van der Waals surface area contributed by atoms with Crippen molar-refractivity contribution >= 4 is 109 Å². The van der Waals surface area contributed by atoms with Crippen molar-refractivity contribution in [3.05, 3.63) is 261 Å². The molecule has 0 saturated heterocycles. The van der Waals surface area contributed by atoms with E-state index < -0.39 is 0 Å². The molecule has 0 N–H and O–H groups in total. The van der Waals surface area contributed by atoms with Crippen LogP contribution in [0.4, 0.5) is 0 Å². The van der Waals surface area contributed by atoms with E-state index >= 15 is 0 Å². The second kappa shape index (κ2) is 16.8. The molecule has 5 nitrogen and oxygen atoms in total. The van der Waals surface area contributed by atoms with Gasteiger partial charge in [0.1, 0.15) is 0 Å². The lowest BCUT2D eigenvalue weighted by atomic mass is 10.0. The summed E-state index contributed by atoms with van der Waals surface area (Å²) in [5, 5.41) is 15.6. The zero-order valence-corrected chi connectivity index (χ0v) is 40.1. The van der Waals surface area contributed by atoms with Crippen molar-refractivity contribution in [2.24, 2.45) is 0 Å². The van der Waals surface area contributed by atoms with Crippen LogP contribution in [0.25, 0.3) is 143 Å². The lowest BCUT2D eigenvalue weighted by Gasteiger charge is -2.12. The maximum Gasteiger partial charge on any atom is 0.164 e. The summed E-state index contributed by atoms with van der Waals surface area (Å²) >= 11 is 0. The first kappa shape index (κ1) is 41.8. The molecule has 0 amide bonds. The van der Waals surface area contributed by atoms with Crippen molar-refractivity contribution in [2.75, 3.05) is 0 Å². The third-order valence-electron chi connectivity index (χ3n) is 14.8. The molecule has 15 rings (SSSR count). The van der Waals surface area contributed by atoms with Crippen LogP contribution >= 0.6 is 0 Å². The summed E-state index contributed by atoms with van der Waals surface area (Å²) in [7, 11) is 0. The fourth-order valence-electron chi connectivity index (χ4n) is 11.3. The molecule has 0 saturated carbocycles. The van der Waals surface area contributed by atoms with Crippen LogP contribution in [0, 0.1) is 0 Å². The molecule has 12 bridgehead atoms. The summed E-state index contributed by atoms with van der Waals surface area (Å²) in [4.78, 5) is 15.4. The first-order chi connectivity index (χ1) is 36.6. The first-order valence-electron chi connectivity index (χ1n) is 25.2. The minimum atomic E-state index is 0.624. The Morgan fingerprint density at radius 1 is 0.230 bits per heavy atom. The molecule has 0 radical (unpaired) electrons. The minimum absolute atomic E-state index is 0.624. The zero-order valence-electron chi connectivity index (χ0n) is 40.1. The molecule has 15 aromatic rings. The van der Waals surface area contributed by atoms with Gasteiger partial charge in [-0.25, -0.2) is 15.0 Å². The Hall–Kier alpha value is -9.97. The summed E-state index contributed by atoms with van der Waals surface area (Å²) in [6.45, 7) is 0. The van der Waals surface area contributed by atoms with Crippen molar-refractivity contribution in [3.63, 3.8) is 0 Å². The van der Waals surface area contributed by atoms with Crippen LogP contribution in [0.5, 0.6) is 0 Å². The van der Waals surface area contributed by atoms with Crippen LogP contribution in [0.3, 0.4) is 0 Å². The van der Waals surface area contributed by atoms with Crippen molar-refractivity contribution in [1.82, 2.24) is 24.1 Å². The zero-order chi connectivity index (χ0) is 48.7. The molecule has 5 heteroatoms. The van der Waals surface area contributed by atoms with Crippen LogP contribution in [0.2, 0.25) is 0 Å². The number of benzene rings is 11. The summed E-state index contributed by atoms with van der Waals surface area (Å²) in [5.41, 5.74) is 11.4. The van der Waals surface area contributed by atoms with E-state index in [4.69, 9.17) is 15.0 Å². The molecule has 4 aromatic heterocycles. The van der Waals surface area contributed by atoms with Crippen LogP contribution in [0.1, 0.15) is 0 Å². The average Bonchev–Trinajstić information content (AvgIpc) is 4.01. The van der Waals surface area contributed by atoms with Gasteiger partial charge in [-0.2, -0.15) is 0 Å². The molecular weight excluding hydrogens is 899 g/mol. The SMILES string of the molecule is c1ccc(-c2ccc3c4ccccc4n(-c4ccc5c6cc7cc(c8cccc(c8)c8cccc(c8)c8nc(-c9ccccc9)nc(n8)c8cccc(c8)c8cccc7c8)c6n(-c6ccccc6)c5c4)c3c2)cc1. The number of fused-ring (bicyclic) bond motifs is 25. The monoisotopic (exact) mass is 941 g/mol. The smallest absolute Gasteiger partial charge is 0.164 e. The van der Waals surface area contributed by atoms with E-state index in [0.717, 1.165) is 81.8 Å². The van der Waals surface area contributed by atoms with E-state index in [9.17, 15) is 0 Å². The summed E-state index contributed by atoms with van der Waals surface area (Å²) < 4.78 is 4.94. The number of hydrogen-bond acceptors (Lipinski definition) is 3. The molecule has 0 spiro atoms. The van der Waals surface area contributed by atoms with Gasteiger partial charge in [-0.05, 0) is 122 Å². The number of rotatable bonds is 4. The predicted molar refractivity (Wildman–Crippen MR) is 311 cm³/mol. The molecule has 74 heavy (non-hydrogen) atoms. The fourth-order valence-corrected chi connectivity index (χ4v) is 11.3. The highest BCUT2D eigenvalue weighted by Gasteiger charge is 2.19. The normalized spacial score (nSPS) is 11.8. The largest absolute Gasteiger partial charge is 0.309 e. The number of aromatic nitrogens is 5. The van der Waals surface area contributed by atoms with Gasteiger partial charge in [0.05, 0.1) is 22.1 Å². The van der Waals surface area contributed by atoms with Crippen molar-refractivity contribution in [2.45, 2.75) is 0 Å². The van der Waals surface area contributed by atoms with Gasteiger partial charge in [0.15, 0.2) is 17.1 Å². The van der Waals surface area contributed by atoms with E-state index in [1.807, 2.05) is 18.2 Å². The molecule has 0 fully saturated rings. The highest BCUT2D eigenvalue weighted by Crippen LogP contribution is 2.41. The maximum atomic E-state index is 5.19. The molecular formula is C69H43N5. The van der Waals surface area contributed by atoms with Gasteiger partial charge in [-0.15, -0.1) is 0 Å². The van der Waals surface area contributed by atoms with Crippen molar-refractivity contribution in [3.8, 4) is 33.9 Å². The van der Waals surface area contributed by atoms with E-state index in [1.165, 1.54) is 43.7 Å². The average molecular weight is 942 g/mol. The van der Waals surface area contributed by atoms with Gasteiger partial charge >= 0.3 is 0 Å². The predicted octanol–water partition coefficient (Wildman–Crippen LogP) is 18.0. The van der Waals surface area contributed by atoms with Crippen molar-refractivity contribution < 1.29 is 0 Å². The van der Waals surface area contributed by atoms with Crippen LogP contribution in [0.15, 0.2) is 261 Å². The molecule has 0 aliphatic heterocycles. The number of para-hydroxylation sites is 2. The van der Waals surface area contributed by atoms with E-state index in [1.54, 1.807) is 0 Å². The Balaban J connectivity index is 1.08. The van der Waals surface area contributed by atoms with Gasteiger partial charge in [-0.1, -0.05) is 188 Å². The van der Waals surface area contributed by atoms with E-state index in [-0.39, 0.29) is 0 Å². The Bertz CT molecular complexity index is 4880. The Kier molecular flexibility index (Phi) is 9.50. The van der Waals surface area contributed by atoms with Gasteiger partial charge in [0.25, 0.3) is 0 Å². The molecule has 0 aliphatic carbocycles.